The first-order chi connectivity index (χ1) is 14.0. The largest absolute Gasteiger partial charge is 0.390 e. The molecule has 0 amide bonds. The van der Waals surface area contributed by atoms with E-state index in [4.69, 9.17) is 0 Å². The van der Waals surface area contributed by atoms with Crippen LogP contribution in [-0.2, 0) is 12.8 Å². The van der Waals surface area contributed by atoms with E-state index in [1.54, 1.807) is 22.7 Å². The van der Waals surface area contributed by atoms with E-state index in [2.05, 4.69) is 83.6 Å². The molecule has 0 saturated heterocycles. The number of hydrogen-bond donors (Lipinski definition) is 1. The van der Waals surface area contributed by atoms with Gasteiger partial charge in [-0.2, -0.15) is 0 Å². The summed E-state index contributed by atoms with van der Waals surface area (Å²) in [5.74, 6) is 0.155. The summed E-state index contributed by atoms with van der Waals surface area (Å²) in [4.78, 5) is 2.59. The number of thiophene rings is 2. The summed E-state index contributed by atoms with van der Waals surface area (Å²) in [6.07, 6.45) is 1.72. The minimum Gasteiger partial charge on any atom is -0.390 e. The predicted molar refractivity (Wildman–Crippen MR) is 127 cm³/mol. The molecule has 148 valence electrons. The SMILES string of the molecule is CC(C)(O)C(Cc1ccc(-c2cccs2)cc1)Cc1ccc(-c2cccs2)cc1. The molecule has 0 aliphatic heterocycles. The van der Waals surface area contributed by atoms with Gasteiger partial charge < -0.3 is 5.11 Å². The van der Waals surface area contributed by atoms with Crippen LogP contribution in [0, 0.1) is 5.92 Å². The van der Waals surface area contributed by atoms with Crippen LogP contribution in [0.2, 0.25) is 0 Å². The quantitative estimate of drug-likeness (QED) is 0.333. The van der Waals surface area contributed by atoms with Crippen LogP contribution in [0.5, 0.6) is 0 Å². The molecule has 0 spiro atoms. The van der Waals surface area contributed by atoms with Gasteiger partial charge >= 0.3 is 0 Å². The molecule has 0 radical (unpaired) electrons. The predicted octanol–water partition coefficient (Wildman–Crippen LogP) is 7.32. The molecule has 4 aromatic rings. The Morgan fingerprint density at radius 2 is 1.10 bits per heavy atom. The van der Waals surface area contributed by atoms with Crippen LogP contribution in [0.4, 0.5) is 0 Å². The topological polar surface area (TPSA) is 20.2 Å². The first-order valence-corrected chi connectivity index (χ1v) is 11.7. The van der Waals surface area contributed by atoms with Gasteiger partial charge in [-0.05, 0) is 77.8 Å². The van der Waals surface area contributed by atoms with Gasteiger partial charge in [-0.1, -0.05) is 60.7 Å². The van der Waals surface area contributed by atoms with Crippen molar-refractivity contribution >= 4 is 22.7 Å². The van der Waals surface area contributed by atoms with Crippen LogP contribution in [0.15, 0.2) is 83.6 Å². The fourth-order valence-corrected chi connectivity index (χ4v) is 5.10. The average molecular weight is 419 g/mol. The van der Waals surface area contributed by atoms with Gasteiger partial charge in [0.2, 0.25) is 0 Å². The lowest BCUT2D eigenvalue weighted by atomic mass is 9.81. The third-order valence-electron chi connectivity index (χ3n) is 5.48. The molecule has 0 unspecified atom stereocenters. The molecule has 1 N–H and O–H groups in total. The summed E-state index contributed by atoms with van der Waals surface area (Å²) < 4.78 is 0. The minimum atomic E-state index is -0.737. The Hall–Kier alpha value is -2.20. The van der Waals surface area contributed by atoms with Crippen LogP contribution < -0.4 is 0 Å². The maximum atomic E-state index is 10.8. The fourth-order valence-electron chi connectivity index (χ4n) is 3.64. The molecule has 0 fully saturated rings. The second-order valence-electron chi connectivity index (χ2n) is 8.11. The zero-order chi connectivity index (χ0) is 20.3. The normalized spacial score (nSPS) is 11.9. The molecule has 2 aromatic carbocycles. The zero-order valence-electron chi connectivity index (χ0n) is 16.8. The van der Waals surface area contributed by atoms with Gasteiger partial charge in [-0.25, -0.2) is 0 Å². The summed E-state index contributed by atoms with van der Waals surface area (Å²) in [6.45, 7) is 3.86. The van der Waals surface area contributed by atoms with Gasteiger partial charge in [0.25, 0.3) is 0 Å². The molecule has 0 saturated carbocycles. The Morgan fingerprint density at radius 3 is 1.41 bits per heavy atom. The Bertz CT molecular complexity index is 926. The molecule has 0 aliphatic carbocycles. The van der Waals surface area contributed by atoms with Crippen molar-refractivity contribution < 1.29 is 5.11 Å². The highest BCUT2D eigenvalue weighted by molar-refractivity contribution is 7.13. The van der Waals surface area contributed by atoms with Gasteiger partial charge in [0.15, 0.2) is 0 Å². The summed E-state index contributed by atoms with van der Waals surface area (Å²) in [5, 5.41) is 15.0. The van der Waals surface area contributed by atoms with E-state index in [-0.39, 0.29) is 5.92 Å². The summed E-state index contributed by atoms with van der Waals surface area (Å²) in [6, 6.07) is 26.1. The number of aliphatic hydroxyl groups is 1. The first kappa shape index (κ1) is 20.1. The lowest BCUT2D eigenvalue weighted by Gasteiger charge is -2.30. The Balaban J connectivity index is 1.48. The molecule has 3 heteroatoms. The molecule has 0 aliphatic rings. The first-order valence-electron chi connectivity index (χ1n) is 9.97. The van der Waals surface area contributed by atoms with Gasteiger partial charge in [-0.15, -0.1) is 22.7 Å². The van der Waals surface area contributed by atoms with Crippen LogP contribution in [0.3, 0.4) is 0 Å². The third-order valence-corrected chi connectivity index (χ3v) is 7.32. The Labute approximate surface area is 181 Å². The van der Waals surface area contributed by atoms with E-state index in [9.17, 15) is 5.11 Å². The highest BCUT2D eigenvalue weighted by atomic mass is 32.1. The third kappa shape index (κ3) is 5.05. The maximum absolute atomic E-state index is 10.8. The van der Waals surface area contributed by atoms with Gasteiger partial charge in [-0.3, -0.25) is 0 Å². The van der Waals surface area contributed by atoms with Crippen molar-refractivity contribution in [2.75, 3.05) is 0 Å². The number of hydrogen-bond acceptors (Lipinski definition) is 3. The van der Waals surface area contributed by atoms with E-state index in [1.807, 2.05) is 13.8 Å². The van der Waals surface area contributed by atoms with Crippen molar-refractivity contribution in [2.45, 2.75) is 32.3 Å². The van der Waals surface area contributed by atoms with Crippen LogP contribution in [0.25, 0.3) is 20.9 Å². The van der Waals surface area contributed by atoms with Crippen molar-refractivity contribution in [2.24, 2.45) is 5.92 Å². The monoisotopic (exact) mass is 418 g/mol. The number of rotatable bonds is 7. The maximum Gasteiger partial charge on any atom is 0.0626 e. The summed E-state index contributed by atoms with van der Waals surface area (Å²) >= 11 is 3.53. The fraction of sp³-hybridized carbons (Fsp3) is 0.231. The van der Waals surface area contributed by atoms with Crippen molar-refractivity contribution in [3.05, 3.63) is 94.7 Å². The molecule has 4 rings (SSSR count). The van der Waals surface area contributed by atoms with Crippen LogP contribution in [0.1, 0.15) is 25.0 Å². The van der Waals surface area contributed by atoms with E-state index < -0.39 is 5.60 Å². The van der Waals surface area contributed by atoms with Crippen molar-refractivity contribution in [1.82, 2.24) is 0 Å². The molecule has 2 aromatic heterocycles. The number of benzene rings is 2. The van der Waals surface area contributed by atoms with E-state index >= 15 is 0 Å². The Morgan fingerprint density at radius 1 is 0.690 bits per heavy atom. The smallest absolute Gasteiger partial charge is 0.0626 e. The lowest BCUT2D eigenvalue weighted by Crippen LogP contribution is -2.34. The van der Waals surface area contributed by atoms with Crippen molar-refractivity contribution in [3.8, 4) is 20.9 Å². The van der Waals surface area contributed by atoms with E-state index in [0.717, 1.165) is 12.8 Å². The van der Waals surface area contributed by atoms with Gasteiger partial charge in [0, 0.05) is 9.75 Å². The second kappa shape index (κ2) is 8.66. The van der Waals surface area contributed by atoms with E-state index in [0.29, 0.717) is 0 Å². The molecule has 1 nitrogen and oxygen atoms in total. The van der Waals surface area contributed by atoms with Gasteiger partial charge in [0.05, 0.1) is 5.60 Å². The summed E-state index contributed by atoms with van der Waals surface area (Å²) in [5.41, 5.74) is 4.32. The highest BCUT2D eigenvalue weighted by Gasteiger charge is 2.27. The molecule has 0 bridgehead atoms. The lowest BCUT2D eigenvalue weighted by molar-refractivity contribution is 0.0171. The molecule has 29 heavy (non-hydrogen) atoms. The minimum absolute atomic E-state index is 0.155. The standard InChI is InChI=1S/C26H26OS2/c1-26(2,27)23(17-19-7-11-21(12-8-19)24-5-3-15-28-24)18-20-9-13-22(14-10-20)25-6-4-16-29-25/h3-16,23,27H,17-18H2,1-2H3. The average Bonchev–Trinajstić information content (AvgIpc) is 3.42. The van der Waals surface area contributed by atoms with Crippen molar-refractivity contribution in [1.29, 1.82) is 0 Å². The molecular formula is C26H26OS2. The Kier molecular flexibility index (Phi) is 6.00. The van der Waals surface area contributed by atoms with Gasteiger partial charge in [0.1, 0.15) is 0 Å². The van der Waals surface area contributed by atoms with Crippen LogP contribution >= 0.6 is 22.7 Å². The molecule has 2 heterocycles. The highest BCUT2D eigenvalue weighted by Crippen LogP contribution is 2.30. The van der Waals surface area contributed by atoms with Crippen molar-refractivity contribution in [3.63, 3.8) is 0 Å². The molecule has 0 atom stereocenters. The summed E-state index contributed by atoms with van der Waals surface area (Å²) in [7, 11) is 0. The van der Waals surface area contributed by atoms with E-state index in [1.165, 1.54) is 32.0 Å². The molecular weight excluding hydrogens is 392 g/mol. The van der Waals surface area contributed by atoms with Crippen LogP contribution in [-0.4, -0.2) is 10.7 Å². The second-order valence-corrected chi connectivity index (χ2v) is 10.0. The zero-order valence-corrected chi connectivity index (χ0v) is 18.5.